The Morgan fingerprint density at radius 2 is 1.88 bits per heavy atom. The summed E-state index contributed by atoms with van der Waals surface area (Å²) in [5, 5.41) is 3.29. The molecule has 1 aromatic carbocycles. The van der Waals surface area contributed by atoms with Gasteiger partial charge in [0.05, 0.1) is 17.2 Å². The molecule has 0 saturated heterocycles. The first kappa shape index (κ1) is 19.3. The van der Waals surface area contributed by atoms with E-state index in [9.17, 15) is 9.59 Å². The molecule has 1 aromatic heterocycles. The molecule has 0 radical (unpaired) electrons. The number of hydrogen-bond donors (Lipinski definition) is 1. The maximum absolute atomic E-state index is 12.3. The monoisotopic (exact) mass is 402 g/mol. The number of rotatable bonds is 5. The summed E-state index contributed by atoms with van der Waals surface area (Å²) in [6.07, 6.45) is 0.223. The molecule has 2 rings (SSSR count). The van der Waals surface area contributed by atoms with Crippen molar-refractivity contribution >= 4 is 52.5 Å². The predicted molar refractivity (Wildman–Crippen MR) is 95.8 cm³/mol. The second-order valence-electron chi connectivity index (χ2n) is 4.87. The highest BCUT2D eigenvalue weighted by Gasteiger charge is 2.22. The van der Waals surface area contributed by atoms with Crippen LogP contribution in [0.4, 0.5) is 5.82 Å². The molecule has 0 unspecified atom stereocenters. The SMILES string of the molecule is COc1ccc(Cl)cc1C(=O)O[C@@H](C)C(=O)Nc1ncc(Cl)cc1Cl. The lowest BCUT2D eigenvalue weighted by Gasteiger charge is -2.15. The Balaban J connectivity index is 2.08. The minimum Gasteiger partial charge on any atom is -0.496 e. The summed E-state index contributed by atoms with van der Waals surface area (Å²) in [4.78, 5) is 28.3. The molecule has 0 saturated carbocycles. The average molecular weight is 404 g/mol. The van der Waals surface area contributed by atoms with Crippen LogP contribution in [0.25, 0.3) is 0 Å². The molecule has 9 heteroatoms. The molecule has 1 heterocycles. The van der Waals surface area contributed by atoms with Gasteiger partial charge in [-0.1, -0.05) is 34.8 Å². The number of nitrogens with one attached hydrogen (secondary N) is 1. The smallest absolute Gasteiger partial charge is 0.342 e. The summed E-state index contributed by atoms with van der Waals surface area (Å²) in [5.41, 5.74) is 0.109. The van der Waals surface area contributed by atoms with Crippen molar-refractivity contribution in [2.75, 3.05) is 12.4 Å². The van der Waals surface area contributed by atoms with Crippen LogP contribution in [0.2, 0.25) is 15.1 Å². The molecular weight excluding hydrogens is 391 g/mol. The van der Waals surface area contributed by atoms with Gasteiger partial charge in [-0.3, -0.25) is 4.79 Å². The number of ether oxygens (including phenoxy) is 2. The minimum atomic E-state index is -1.11. The second-order valence-corrected chi connectivity index (χ2v) is 6.15. The maximum atomic E-state index is 12.3. The first-order valence-corrected chi connectivity index (χ1v) is 8.11. The topological polar surface area (TPSA) is 77.5 Å². The van der Waals surface area contributed by atoms with Gasteiger partial charge in [0.15, 0.2) is 11.9 Å². The first-order chi connectivity index (χ1) is 11.8. The van der Waals surface area contributed by atoms with Crippen LogP contribution in [0, 0.1) is 0 Å². The number of esters is 1. The van der Waals surface area contributed by atoms with Crippen LogP contribution in [0.3, 0.4) is 0 Å². The Kier molecular flexibility index (Phi) is 6.47. The van der Waals surface area contributed by atoms with E-state index in [0.717, 1.165) is 0 Å². The average Bonchev–Trinajstić information content (AvgIpc) is 2.57. The predicted octanol–water partition coefficient (Wildman–Crippen LogP) is 4.23. The molecule has 132 valence electrons. The van der Waals surface area contributed by atoms with Gasteiger partial charge < -0.3 is 14.8 Å². The van der Waals surface area contributed by atoms with Gasteiger partial charge in [-0.2, -0.15) is 0 Å². The van der Waals surface area contributed by atoms with Crippen molar-refractivity contribution < 1.29 is 19.1 Å². The fourth-order valence-corrected chi connectivity index (χ4v) is 2.44. The first-order valence-electron chi connectivity index (χ1n) is 6.98. The highest BCUT2D eigenvalue weighted by Crippen LogP contribution is 2.25. The van der Waals surface area contributed by atoms with Crippen LogP contribution in [-0.2, 0) is 9.53 Å². The molecule has 0 aliphatic rings. The molecule has 1 N–H and O–H groups in total. The van der Waals surface area contributed by atoms with E-state index >= 15 is 0 Å². The number of anilines is 1. The molecular formula is C16H13Cl3N2O4. The molecule has 0 bridgehead atoms. The molecule has 1 atom stereocenters. The summed E-state index contributed by atoms with van der Waals surface area (Å²) < 4.78 is 10.2. The van der Waals surface area contributed by atoms with Gasteiger partial charge >= 0.3 is 5.97 Å². The zero-order chi connectivity index (χ0) is 18.6. The normalized spacial score (nSPS) is 11.6. The summed E-state index contributed by atoms with van der Waals surface area (Å²) in [6, 6.07) is 5.92. The minimum absolute atomic E-state index is 0.109. The van der Waals surface area contributed by atoms with Crippen molar-refractivity contribution in [2.45, 2.75) is 13.0 Å². The van der Waals surface area contributed by atoms with Gasteiger partial charge in [0.1, 0.15) is 11.3 Å². The number of amides is 1. The second kappa shape index (κ2) is 8.38. The number of aromatic nitrogens is 1. The van der Waals surface area contributed by atoms with Gasteiger partial charge in [0, 0.05) is 11.2 Å². The van der Waals surface area contributed by atoms with E-state index in [0.29, 0.717) is 10.0 Å². The van der Waals surface area contributed by atoms with E-state index in [2.05, 4.69) is 10.3 Å². The summed E-state index contributed by atoms with van der Waals surface area (Å²) >= 11 is 17.6. The number of carbonyl (C=O) groups is 2. The van der Waals surface area contributed by atoms with E-state index in [1.54, 1.807) is 6.07 Å². The molecule has 2 aromatic rings. The Morgan fingerprint density at radius 1 is 1.16 bits per heavy atom. The zero-order valence-corrected chi connectivity index (χ0v) is 15.4. The fraction of sp³-hybridized carbons (Fsp3) is 0.188. The highest BCUT2D eigenvalue weighted by atomic mass is 35.5. The van der Waals surface area contributed by atoms with Crippen molar-refractivity contribution in [3.63, 3.8) is 0 Å². The van der Waals surface area contributed by atoms with Gasteiger partial charge in [0.2, 0.25) is 0 Å². The molecule has 1 amide bonds. The van der Waals surface area contributed by atoms with E-state index in [1.807, 2.05) is 0 Å². The number of nitrogens with zero attached hydrogens (tertiary/aromatic N) is 1. The molecule has 6 nitrogen and oxygen atoms in total. The summed E-state index contributed by atoms with van der Waals surface area (Å²) in [7, 11) is 1.41. The maximum Gasteiger partial charge on any atom is 0.342 e. The lowest BCUT2D eigenvalue weighted by atomic mass is 10.2. The van der Waals surface area contributed by atoms with Crippen molar-refractivity contribution in [3.05, 3.63) is 51.1 Å². The van der Waals surface area contributed by atoms with Crippen molar-refractivity contribution in [3.8, 4) is 5.75 Å². The van der Waals surface area contributed by atoms with Gasteiger partial charge in [-0.25, -0.2) is 9.78 Å². The third-order valence-corrected chi connectivity index (χ3v) is 3.81. The van der Waals surface area contributed by atoms with Crippen molar-refractivity contribution in [1.29, 1.82) is 0 Å². The van der Waals surface area contributed by atoms with Gasteiger partial charge in [-0.15, -0.1) is 0 Å². The van der Waals surface area contributed by atoms with Crippen LogP contribution in [0.5, 0.6) is 5.75 Å². The number of pyridine rings is 1. The lowest BCUT2D eigenvalue weighted by Crippen LogP contribution is -2.30. The summed E-state index contributed by atoms with van der Waals surface area (Å²) in [6.45, 7) is 1.41. The van der Waals surface area contributed by atoms with E-state index in [1.165, 1.54) is 38.4 Å². The molecule has 0 aliphatic heterocycles. The Morgan fingerprint density at radius 3 is 2.52 bits per heavy atom. The Bertz CT molecular complexity index is 814. The van der Waals surface area contributed by atoms with Crippen LogP contribution in [-0.4, -0.2) is 30.1 Å². The Labute approximate surface area is 159 Å². The van der Waals surface area contributed by atoms with Crippen molar-refractivity contribution in [2.24, 2.45) is 0 Å². The van der Waals surface area contributed by atoms with E-state index in [4.69, 9.17) is 44.3 Å². The van der Waals surface area contributed by atoms with E-state index in [-0.39, 0.29) is 22.2 Å². The third-order valence-electron chi connectivity index (χ3n) is 3.08. The van der Waals surface area contributed by atoms with Crippen molar-refractivity contribution in [1.82, 2.24) is 4.98 Å². The number of hydrogen-bond acceptors (Lipinski definition) is 5. The third kappa shape index (κ3) is 4.98. The number of halogens is 3. The van der Waals surface area contributed by atoms with Gasteiger partial charge in [-0.05, 0) is 31.2 Å². The van der Waals surface area contributed by atoms with Crippen LogP contribution >= 0.6 is 34.8 Å². The van der Waals surface area contributed by atoms with Crippen LogP contribution in [0.1, 0.15) is 17.3 Å². The summed E-state index contributed by atoms with van der Waals surface area (Å²) in [5.74, 6) is -0.966. The van der Waals surface area contributed by atoms with Crippen LogP contribution < -0.4 is 10.1 Å². The Hall–Kier alpha value is -2.02. The highest BCUT2D eigenvalue weighted by molar-refractivity contribution is 6.36. The fourth-order valence-electron chi connectivity index (χ4n) is 1.84. The molecule has 0 spiro atoms. The number of benzene rings is 1. The largest absolute Gasteiger partial charge is 0.496 e. The molecule has 0 aliphatic carbocycles. The molecule has 0 fully saturated rings. The standard InChI is InChI=1S/C16H13Cl3N2O4/c1-8(15(22)21-14-12(19)6-10(18)7-20-14)25-16(23)11-5-9(17)3-4-13(11)24-2/h3-8H,1-2H3,(H,20,21,22)/t8-/m0/s1. The number of methoxy groups -OCH3 is 1. The zero-order valence-electron chi connectivity index (χ0n) is 13.2. The van der Waals surface area contributed by atoms with Gasteiger partial charge in [0.25, 0.3) is 5.91 Å². The van der Waals surface area contributed by atoms with Crippen LogP contribution in [0.15, 0.2) is 30.5 Å². The van der Waals surface area contributed by atoms with E-state index < -0.39 is 18.0 Å². The lowest BCUT2D eigenvalue weighted by molar-refractivity contribution is -0.123. The molecule has 25 heavy (non-hydrogen) atoms. The number of carbonyl (C=O) groups excluding carboxylic acids is 2. The quantitative estimate of drug-likeness (QED) is 0.756.